The van der Waals surface area contributed by atoms with Gasteiger partial charge in [0.1, 0.15) is 0 Å². The third-order valence-electron chi connectivity index (χ3n) is 4.19. The van der Waals surface area contributed by atoms with E-state index in [1.54, 1.807) is 0 Å². The highest BCUT2D eigenvalue weighted by atomic mass is 16.3. The highest BCUT2D eigenvalue weighted by Gasteiger charge is 2.21. The Morgan fingerprint density at radius 2 is 2.16 bits per heavy atom. The van der Waals surface area contributed by atoms with Gasteiger partial charge in [0.05, 0.1) is 6.10 Å². The van der Waals surface area contributed by atoms with Gasteiger partial charge in [-0.15, -0.1) is 0 Å². The maximum atomic E-state index is 10.3. The number of hydrogen-bond acceptors (Lipinski definition) is 3. The van der Waals surface area contributed by atoms with Crippen molar-refractivity contribution in [2.24, 2.45) is 0 Å². The van der Waals surface area contributed by atoms with Crippen molar-refractivity contribution in [2.45, 2.75) is 32.4 Å². The van der Waals surface area contributed by atoms with Crippen LogP contribution in [0.15, 0.2) is 24.3 Å². The lowest BCUT2D eigenvalue weighted by atomic mass is 10.0. The van der Waals surface area contributed by atoms with E-state index in [0.29, 0.717) is 6.04 Å². The first-order chi connectivity index (χ1) is 9.06. The minimum absolute atomic E-state index is 0.338. The van der Waals surface area contributed by atoms with Crippen LogP contribution in [-0.2, 0) is 0 Å². The fourth-order valence-electron chi connectivity index (χ4n) is 2.68. The summed E-state index contributed by atoms with van der Waals surface area (Å²) in [6.45, 7) is 8.66. The van der Waals surface area contributed by atoms with Gasteiger partial charge in [-0.2, -0.15) is 0 Å². The Kier molecular flexibility index (Phi) is 4.97. The van der Waals surface area contributed by atoms with Crippen LogP contribution in [0.3, 0.4) is 0 Å². The third-order valence-corrected chi connectivity index (χ3v) is 4.19. The van der Waals surface area contributed by atoms with Crippen LogP contribution in [0.1, 0.15) is 30.6 Å². The Balaban J connectivity index is 1.82. The van der Waals surface area contributed by atoms with E-state index < -0.39 is 0 Å². The number of piperazine rings is 1. The summed E-state index contributed by atoms with van der Waals surface area (Å²) < 4.78 is 0. The van der Waals surface area contributed by atoms with Crippen molar-refractivity contribution < 1.29 is 5.11 Å². The van der Waals surface area contributed by atoms with Gasteiger partial charge in [-0.1, -0.05) is 29.8 Å². The molecule has 1 fully saturated rings. The maximum Gasteiger partial charge on any atom is 0.0802 e. The molecule has 0 spiro atoms. The van der Waals surface area contributed by atoms with Gasteiger partial charge in [0, 0.05) is 32.2 Å². The quantitative estimate of drug-likeness (QED) is 0.899. The van der Waals surface area contributed by atoms with Gasteiger partial charge < -0.3 is 14.9 Å². The number of rotatable bonds is 4. The molecule has 1 N–H and O–H groups in total. The number of aliphatic hydroxyl groups excluding tert-OH is 1. The molecule has 2 unspecified atom stereocenters. The number of nitrogens with zero attached hydrogens (tertiary/aromatic N) is 2. The Bertz CT molecular complexity index is 407. The summed E-state index contributed by atoms with van der Waals surface area (Å²) in [7, 11) is 2.18. The monoisotopic (exact) mass is 262 g/mol. The first-order valence-electron chi connectivity index (χ1n) is 7.23. The standard InChI is InChI=1S/C16H26N2O/c1-13-5-4-6-15(11-13)16(19)7-8-18-10-9-17(3)14(2)12-18/h4-6,11,14,16,19H,7-10,12H2,1-3H3. The average molecular weight is 262 g/mol. The van der Waals surface area contributed by atoms with Crippen LogP contribution in [0.25, 0.3) is 0 Å². The Labute approximate surface area is 116 Å². The second-order valence-electron chi connectivity index (χ2n) is 5.85. The topological polar surface area (TPSA) is 26.7 Å². The van der Waals surface area contributed by atoms with E-state index in [0.717, 1.165) is 38.2 Å². The van der Waals surface area contributed by atoms with Crippen LogP contribution < -0.4 is 0 Å². The SMILES string of the molecule is Cc1cccc(C(O)CCN2CCN(C)C(C)C2)c1. The van der Waals surface area contributed by atoms with Crippen molar-refractivity contribution in [3.63, 3.8) is 0 Å². The molecule has 0 aliphatic carbocycles. The van der Waals surface area contributed by atoms with Gasteiger partial charge in [-0.05, 0) is 32.9 Å². The van der Waals surface area contributed by atoms with E-state index in [1.165, 1.54) is 5.56 Å². The molecule has 2 atom stereocenters. The summed E-state index contributed by atoms with van der Waals surface area (Å²) in [5.41, 5.74) is 2.26. The molecule has 106 valence electrons. The average Bonchev–Trinajstić information content (AvgIpc) is 2.40. The van der Waals surface area contributed by atoms with Crippen LogP contribution in [-0.4, -0.2) is 54.2 Å². The number of aliphatic hydroxyl groups is 1. The molecule has 1 heterocycles. The van der Waals surface area contributed by atoms with E-state index in [1.807, 2.05) is 12.1 Å². The Morgan fingerprint density at radius 3 is 2.84 bits per heavy atom. The van der Waals surface area contributed by atoms with E-state index in [4.69, 9.17) is 0 Å². The summed E-state index contributed by atoms with van der Waals surface area (Å²) in [5.74, 6) is 0. The Hall–Kier alpha value is -0.900. The number of likely N-dealkylation sites (N-methyl/N-ethyl adjacent to an activating group) is 1. The zero-order valence-electron chi connectivity index (χ0n) is 12.3. The molecule has 0 radical (unpaired) electrons. The van der Waals surface area contributed by atoms with Gasteiger partial charge in [-0.3, -0.25) is 0 Å². The highest BCUT2D eigenvalue weighted by molar-refractivity contribution is 5.23. The number of benzene rings is 1. The molecule has 0 saturated carbocycles. The summed E-state index contributed by atoms with van der Waals surface area (Å²) in [5, 5.41) is 10.3. The lowest BCUT2D eigenvalue weighted by Crippen LogP contribution is -2.50. The fourth-order valence-corrected chi connectivity index (χ4v) is 2.68. The molecule has 3 nitrogen and oxygen atoms in total. The number of hydrogen-bond donors (Lipinski definition) is 1. The maximum absolute atomic E-state index is 10.3. The van der Waals surface area contributed by atoms with Crippen molar-refractivity contribution in [1.82, 2.24) is 9.80 Å². The molecule has 1 saturated heterocycles. The van der Waals surface area contributed by atoms with E-state index >= 15 is 0 Å². The molecule has 0 aromatic heterocycles. The van der Waals surface area contributed by atoms with Crippen molar-refractivity contribution in [3.05, 3.63) is 35.4 Å². The molecule has 1 aliphatic heterocycles. The fraction of sp³-hybridized carbons (Fsp3) is 0.625. The molecule has 3 heteroatoms. The largest absolute Gasteiger partial charge is 0.388 e. The second-order valence-corrected chi connectivity index (χ2v) is 5.85. The van der Waals surface area contributed by atoms with E-state index in [2.05, 4.69) is 42.8 Å². The zero-order valence-corrected chi connectivity index (χ0v) is 12.3. The molecule has 19 heavy (non-hydrogen) atoms. The van der Waals surface area contributed by atoms with Gasteiger partial charge in [0.15, 0.2) is 0 Å². The van der Waals surface area contributed by atoms with Crippen molar-refractivity contribution in [3.8, 4) is 0 Å². The first-order valence-corrected chi connectivity index (χ1v) is 7.23. The summed E-state index contributed by atoms with van der Waals surface area (Å²) in [4.78, 5) is 4.86. The second kappa shape index (κ2) is 6.51. The molecule has 2 rings (SSSR count). The molecule has 1 aliphatic rings. The smallest absolute Gasteiger partial charge is 0.0802 e. The van der Waals surface area contributed by atoms with Crippen LogP contribution in [0.5, 0.6) is 0 Å². The van der Waals surface area contributed by atoms with E-state index in [9.17, 15) is 5.11 Å². The lowest BCUT2D eigenvalue weighted by molar-refractivity contribution is 0.0839. The molecule has 0 bridgehead atoms. The predicted octanol–water partition coefficient (Wildman–Crippen LogP) is 2.05. The predicted molar refractivity (Wildman–Crippen MR) is 79.3 cm³/mol. The lowest BCUT2D eigenvalue weighted by Gasteiger charge is -2.38. The van der Waals surface area contributed by atoms with Gasteiger partial charge >= 0.3 is 0 Å². The van der Waals surface area contributed by atoms with Crippen LogP contribution in [0.4, 0.5) is 0 Å². The van der Waals surface area contributed by atoms with Crippen molar-refractivity contribution in [2.75, 3.05) is 33.2 Å². The minimum Gasteiger partial charge on any atom is -0.388 e. The van der Waals surface area contributed by atoms with Crippen molar-refractivity contribution >= 4 is 0 Å². The Morgan fingerprint density at radius 1 is 1.37 bits per heavy atom. The van der Waals surface area contributed by atoms with E-state index in [-0.39, 0.29) is 6.10 Å². The van der Waals surface area contributed by atoms with Crippen LogP contribution in [0.2, 0.25) is 0 Å². The summed E-state index contributed by atoms with van der Waals surface area (Å²) in [6, 6.07) is 8.80. The van der Waals surface area contributed by atoms with Crippen LogP contribution in [0, 0.1) is 6.92 Å². The molecular formula is C16H26N2O. The normalized spacial score (nSPS) is 23.5. The van der Waals surface area contributed by atoms with Gasteiger partial charge in [0.2, 0.25) is 0 Å². The molecular weight excluding hydrogens is 236 g/mol. The molecule has 1 aromatic rings. The zero-order chi connectivity index (χ0) is 13.8. The number of aryl methyl sites for hydroxylation is 1. The summed E-state index contributed by atoms with van der Waals surface area (Å²) >= 11 is 0. The highest BCUT2D eigenvalue weighted by Crippen LogP contribution is 2.19. The third kappa shape index (κ3) is 4.03. The van der Waals surface area contributed by atoms with Gasteiger partial charge in [-0.25, -0.2) is 0 Å². The minimum atomic E-state index is -0.338. The molecule has 0 amide bonds. The van der Waals surface area contributed by atoms with Crippen molar-refractivity contribution in [1.29, 1.82) is 0 Å². The van der Waals surface area contributed by atoms with Gasteiger partial charge in [0.25, 0.3) is 0 Å². The summed E-state index contributed by atoms with van der Waals surface area (Å²) in [6.07, 6.45) is 0.481. The van der Waals surface area contributed by atoms with Crippen LogP contribution >= 0.6 is 0 Å². The first kappa shape index (κ1) is 14.5. The molecule has 1 aromatic carbocycles.